The first-order valence-corrected chi connectivity index (χ1v) is 16.9. The van der Waals surface area contributed by atoms with E-state index in [2.05, 4.69) is 10.6 Å². The van der Waals surface area contributed by atoms with Gasteiger partial charge in [0.1, 0.15) is 30.1 Å². The Morgan fingerprint density at radius 3 is 2.43 bits per heavy atom. The number of ether oxygens (including phenoxy) is 1. The standard InChI is InChI=1S/C30H45N3O12S/c1-27(2)8-7-18(34)28-12-45-30(44,24(40)21(27)28)29-17(28)5-3-13(22(29)38)14(23(29)39)10-46-11-16(25(41)32-9-20(36)37)33-19(35)6-4-15(31)26(42)43/h13-18,21-22,24,34,38,40,44H,3-12,31H2,1-2H3,(H,32,41)(H,33,35)(H,36,37)(H,42,43)/t13-,14?,15-,16?,17-,18-,21+,22+,24-,28+,29+,30-/m0/s1. The molecule has 6 fully saturated rings. The van der Waals surface area contributed by atoms with E-state index < -0.39 is 112 Å². The molecule has 12 atom stereocenters. The predicted octanol–water partition coefficient (Wildman–Crippen LogP) is -1.95. The van der Waals surface area contributed by atoms with Gasteiger partial charge in [0, 0.05) is 35.2 Å². The average Bonchev–Trinajstić information content (AvgIpc) is 3.09. The minimum atomic E-state index is -2.36. The number of hydrogen-bond donors (Lipinski definition) is 9. The number of hydrogen-bond acceptors (Lipinski definition) is 12. The summed E-state index contributed by atoms with van der Waals surface area (Å²) in [4.78, 5) is 61.9. The highest BCUT2D eigenvalue weighted by atomic mass is 32.2. The number of carboxylic acids is 2. The molecule has 2 amide bonds. The monoisotopic (exact) mass is 671 g/mol. The first kappa shape index (κ1) is 35.0. The minimum Gasteiger partial charge on any atom is -0.480 e. The number of fused-ring (bicyclic) bond motifs is 2. The van der Waals surface area contributed by atoms with Gasteiger partial charge in [0.05, 0.1) is 18.8 Å². The molecule has 0 aromatic carbocycles. The number of rotatable bonds is 12. The third-order valence-electron chi connectivity index (χ3n) is 11.7. The third kappa shape index (κ3) is 5.06. The summed E-state index contributed by atoms with van der Waals surface area (Å²) in [5.74, 6) is -9.51. The molecule has 0 aromatic rings. The Labute approximate surface area is 270 Å². The Hall–Kier alpha value is -2.34. The SMILES string of the molecule is CC1(C)CC[C@H](O)[C@]23CO[C@@](O)([C@@H](O)[C@H]12)[C@]12C(=O)C(CSCC(NC(=O)CC[C@H](N)C(=O)O)C(=O)NCC(=O)O)[C@H](CC[C@@H]31)[C@H]2O. The number of aliphatic hydroxyl groups excluding tert-OH is 3. The van der Waals surface area contributed by atoms with Gasteiger partial charge in [-0.1, -0.05) is 13.8 Å². The first-order valence-electron chi connectivity index (χ1n) is 15.8. The number of nitrogens with one attached hydrogen (secondary N) is 2. The fourth-order valence-corrected chi connectivity index (χ4v) is 11.0. The predicted molar refractivity (Wildman–Crippen MR) is 160 cm³/mol. The normalized spacial score (nSPS) is 41.5. The van der Waals surface area contributed by atoms with Crippen LogP contribution in [-0.4, -0.2) is 121 Å². The molecule has 4 aliphatic carbocycles. The number of ketones is 1. The molecule has 2 aliphatic heterocycles. The van der Waals surface area contributed by atoms with E-state index in [0.717, 1.165) is 11.8 Å². The van der Waals surface area contributed by atoms with E-state index in [-0.39, 0.29) is 31.0 Å². The van der Waals surface area contributed by atoms with E-state index in [1.54, 1.807) is 0 Å². The molecule has 0 radical (unpaired) electrons. The second kappa shape index (κ2) is 12.3. The van der Waals surface area contributed by atoms with Crippen LogP contribution in [-0.2, 0) is 28.7 Å². The van der Waals surface area contributed by atoms with Crippen LogP contribution in [0.1, 0.15) is 52.4 Å². The smallest absolute Gasteiger partial charge is 0.322 e. The summed E-state index contributed by atoms with van der Waals surface area (Å²) in [5, 5.41) is 69.9. The van der Waals surface area contributed by atoms with Gasteiger partial charge in [-0.3, -0.25) is 24.0 Å². The lowest BCUT2D eigenvalue weighted by Gasteiger charge is -2.74. The van der Waals surface area contributed by atoms with Crippen molar-refractivity contribution >= 4 is 41.3 Å². The van der Waals surface area contributed by atoms with E-state index >= 15 is 0 Å². The fourth-order valence-electron chi connectivity index (χ4n) is 9.75. The second-order valence-corrected chi connectivity index (χ2v) is 15.5. The zero-order valence-electron chi connectivity index (χ0n) is 25.9. The van der Waals surface area contributed by atoms with E-state index in [1.165, 1.54) is 0 Å². The Morgan fingerprint density at radius 1 is 1.09 bits per heavy atom. The van der Waals surface area contributed by atoms with Gasteiger partial charge in [0.2, 0.25) is 17.6 Å². The molecule has 4 saturated carbocycles. The number of carbonyl (C=O) groups excluding carboxylic acids is 3. The van der Waals surface area contributed by atoms with E-state index in [9.17, 15) is 44.4 Å². The van der Waals surface area contributed by atoms with Crippen LogP contribution in [0.2, 0.25) is 0 Å². The van der Waals surface area contributed by atoms with Crippen molar-refractivity contribution < 1.29 is 59.3 Å². The maximum absolute atomic E-state index is 14.5. The molecule has 46 heavy (non-hydrogen) atoms. The van der Waals surface area contributed by atoms with E-state index in [4.69, 9.17) is 20.7 Å². The molecule has 258 valence electrons. The number of nitrogens with two attached hydrogens (primary N) is 1. The zero-order chi connectivity index (χ0) is 34.0. The molecule has 4 bridgehead atoms. The van der Waals surface area contributed by atoms with E-state index in [0.29, 0.717) is 25.7 Å². The molecular weight excluding hydrogens is 626 g/mol. The van der Waals surface area contributed by atoms with Crippen LogP contribution >= 0.6 is 11.8 Å². The number of aliphatic hydroxyl groups is 4. The van der Waals surface area contributed by atoms with Crippen molar-refractivity contribution in [3.8, 4) is 0 Å². The van der Waals surface area contributed by atoms with Crippen LogP contribution in [0.4, 0.5) is 0 Å². The summed E-state index contributed by atoms with van der Waals surface area (Å²) in [6.07, 6.45) is -2.38. The highest BCUT2D eigenvalue weighted by Crippen LogP contribution is 2.76. The number of carbonyl (C=O) groups is 5. The van der Waals surface area contributed by atoms with Gasteiger partial charge in [0.25, 0.3) is 0 Å². The van der Waals surface area contributed by atoms with Gasteiger partial charge in [0.15, 0.2) is 5.78 Å². The molecule has 16 heteroatoms. The number of carboxylic acid groups (broad SMARTS) is 2. The number of aliphatic carboxylic acids is 2. The molecule has 0 aromatic heterocycles. The maximum Gasteiger partial charge on any atom is 0.322 e. The van der Waals surface area contributed by atoms with Gasteiger partial charge in [-0.2, -0.15) is 11.8 Å². The van der Waals surface area contributed by atoms with Crippen molar-refractivity contribution in [2.45, 2.75) is 88.6 Å². The Bertz CT molecular complexity index is 1280. The zero-order valence-corrected chi connectivity index (χ0v) is 26.7. The molecule has 2 heterocycles. The molecule has 2 saturated heterocycles. The summed E-state index contributed by atoms with van der Waals surface area (Å²) in [7, 11) is 0. The van der Waals surface area contributed by atoms with Crippen molar-refractivity contribution in [3.05, 3.63) is 0 Å². The summed E-state index contributed by atoms with van der Waals surface area (Å²) < 4.78 is 5.96. The molecule has 2 unspecified atom stereocenters. The molecule has 6 aliphatic rings. The summed E-state index contributed by atoms with van der Waals surface area (Å²) in [5.41, 5.74) is 2.08. The summed E-state index contributed by atoms with van der Waals surface area (Å²) in [6.45, 7) is 3.21. The van der Waals surface area contributed by atoms with Gasteiger partial charge in [-0.25, -0.2) is 0 Å². The molecule has 2 spiro atoms. The highest BCUT2D eigenvalue weighted by molar-refractivity contribution is 7.99. The highest BCUT2D eigenvalue weighted by Gasteiger charge is 2.87. The van der Waals surface area contributed by atoms with Gasteiger partial charge >= 0.3 is 11.9 Å². The molecule has 6 rings (SSSR count). The van der Waals surface area contributed by atoms with Gasteiger partial charge < -0.3 is 51.7 Å². The van der Waals surface area contributed by atoms with Gasteiger partial charge in [-0.15, -0.1) is 0 Å². The van der Waals surface area contributed by atoms with Gasteiger partial charge in [-0.05, 0) is 49.4 Å². The van der Waals surface area contributed by atoms with Crippen LogP contribution in [0.25, 0.3) is 0 Å². The largest absolute Gasteiger partial charge is 0.480 e. The van der Waals surface area contributed by atoms with Crippen LogP contribution in [0.3, 0.4) is 0 Å². The van der Waals surface area contributed by atoms with Crippen LogP contribution in [0.15, 0.2) is 0 Å². The van der Waals surface area contributed by atoms with Crippen molar-refractivity contribution in [1.82, 2.24) is 10.6 Å². The average molecular weight is 672 g/mol. The lowest BCUT2D eigenvalue weighted by Crippen LogP contribution is -2.85. The summed E-state index contributed by atoms with van der Waals surface area (Å²) in [6, 6.07) is -2.52. The van der Waals surface area contributed by atoms with E-state index in [1.807, 2.05) is 13.8 Å². The van der Waals surface area contributed by atoms with Crippen molar-refractivity contribution in [2.75, 3.05) is 24.7 Å². The van der Waals surface area contributed by atoms with Crippen LogP contribution < -0.4 is 16.4 Å². The quantitative estimate of drug-likeness (QED) is 0.109. The number of amides is 2. The molecular formula is C30H45N3O12S. The molecule has 15 nitrogen and oxygen atoms in total. The maximum atomic E-state index is 14.5. The minimum absolute atomic E-state index is 0.0451. The van der Waals surface area contributed by atoms with Crippen molar-refractivity contribution in [3.63, 3.8) is 0 Å². The Balaban J connectivity index is 1.35. The topological polar surface area (TPSA) is 266 Å². The lowest BCUT2D eigenvalue weighted by atomic mass is 9.35. The lowest BCUT2D eigenvalue weighted by molar-refractivity contribution is -0.458. The number of thioether (sulfide) groups is 1. The third-order valence-corrected chi connectivity index (χ3v) is 12.9. The molecule has 10 N–H and O–H groups in total. The first-order chi connectivity index (χ1) is 21.5. The second-order valence-electron chi connectivity index (χ2n) is 14.4. The Kier molecular flexibility index (Phi) is 9.34. The fraction of sp³-hybridized carbons (Fsp3) is 0.833. The van der Waals surface area contributed by atoms with Crippen LogP contribution in [0.5, 0.6) is 0 Å². The summed E-state index contributed by atoms with van der Waals surface area (Å²) >= 11 is 1.12. The Morgan fingerprint density at radius 2 is 1.78 bits per heavy atom. The van der Waals surface area contributed by atoms with Crippen molar-refractivity contribution in [2.24, 2.45) is 45.7 Å². The number of Topliss-reactive ketones (excluding diaryl/α,β-unsaturated/α-hetero) is 1. The van der Waals surface area contributed by atoms with Crippen molar-refractivity contribution in [1.29, 1.82) is 0 Å². The van der Waals surface area contributed by atoms with Crippen LogP contribution in [0, 0.1) is 39.9 Å².